The number of hydrogen-bond acceptors (Lipinski definition) is 4. The summed E-state index contributed by atoms with van der Waals surface area (Å²) in [5.41, 5.74) is 0.930. The lowest BCUT2D eigenvalue weighted by Gasteiger charge is -2.25. The van der Waals surface area contributed by atoms with Crippen LogP contribution in [0.2, 0.25) is 0 Å². The van der Waals surface area contributed by atoms with Gasteiger partial charge >= 0.3 is 0 Å². The molecular weight excluding hydrogens is 214 g/mol. The molecule has 14 heavy (non-hydrogen) atoms. The van der Waals surface area contributed by atoms with E-state index >= 15 is 0 Å². The molecule has 1 N–H and O–H groups in total. The molecule has 1 saturated heterocycles. The van der Waals surface area contributed by atoms with Crippen LogP contribution in [-0.4, -0.2) is 26.2 Å². The van der Waals surface area contributed by atoms with Gasteiger partial charge in [-0.2, -0.15) is 0 Å². The Bertz CT molecular complexity index is 275. The molecule has 0 saturated carbocycles. The molecule has 4 heteroatoms. The minimum absolute atomic E-state index is 0.285. The third kappa shape index (κ3) is 2.43. The Labute approximate surface area is 92.5 Å². The summed E-state index contributed by atoms with van der Waals surface area (Å²) in [6, 6.07) is 3.81. The molecule has 0 bridgehead atoms. The second kappa shape index (κ2) is 5.05. The molecule has 1 unspecified atom stereocenters. The van der Waals surface area contributed by atoms with Gasteiger partial charge in [-0.15, -0.1) is 23.5 Å². The van der Waals surface area contributed by atoms with Crippen LogP contribution in [0.25, 0.3) is 0 Å². The molecule has 0 spiro atoms. The molecule has 0 aromatic carbocycles. The van der Waals surface area contributed by atoms with Crippen molar-refractivity contribution >= 4 is 23.5 Å². The Morgan fingerprint density at radius 1 is 1.43 bits per heavy atom. The first-order valence-corrected chi connectivity index (χ1v) is 6.79. The number of pyridine rings is 1. The molecular formula is C10H13NOS2. The van der Waals surface area contributed by atoms with E-state index in [1.54, 1.807) is 12.4 Å². The van der Waals surface area contributed by atoms with Gasteiger partial charge in [0.2, 0.25) is 0 Å². The monoisotopic (exact) mass is 227 g/mol. The maximum atomic E-state index is 10.1. The fourth-order valence-corrected chi connectivity index (χ4v) is 4.31. The third-order valence-corrected chi connectivity index (χ3v) is 5.17. The zero-order chi connectivity index (χ0) is 9.80. The van der Waals surface area contributed by atoms with Gasteiger partial charge in [0.15, 0.2) is 0 Å². The number of nitrogens with zero attached hydrogens (tertiary/aromatic N) is 1. The Balaban J connectivity index is 2.03. The van der Waals surface area contributed by atoms with Crippen molar-refractivity contribution in [3.8, 4) is 0 Å². The Morgan fingerprint density at radius 2 is 2.21 bits per heavy atom. The normalized spacial score (nSPS) is 20.6. The summed E-state index contributed by atoms with van der Waals surface area (Å²) in [5, 5.41) is 10.1. The predicted octanol–water partition coefficient (Wildman–Crippen LogP) is 2.31. The van der Waals surface area contributed by atoms with Crippen molar-refractivity contribution in [3.05, 3.63) is 30.1 Å². The molecule has 0 aliphatic carbocycles. The predicted molar refractivity (Wildman–Crippen MR) is 62.5 cm³/mol. The van der Waals surface area contributed by atoms with Gasteiger partial charge in [0, 0.05) is 18.0 Å². The minimum Gasteiger partial charge on any atom is -0.386 e. The van der Waals surface area contributed by atoms with Gasteiger partial charge in [-0.3, -0.25) is 4.98 Å². The highest BCUT2D eigenvalue weighted by Gasteiger charge is 2.24. The number of thioether (sulfide) groups is 2. The van der Waals surface area contributed by atoms with Gasteiger partial charge in [-0.05, 0) is 24.0 Å². The third-order valence-electron chi connectivity index (χ3n) is 2.14. The lowest BCUT2D eigenvalue weighted by molar-refractivity contribution is 0.195. The first-order chi connectivity index (χ1) is 6.88. The number of aliphatic hydroxyl groups is 1. The van der Waals surface area contributed by atoms with Crippen LogP contribution < -0.4 is 0 Å². The number of aromatic nitrogens is 1. The molecule has 76 valence electrons. The maximum absolute atomic E-state index is 10.1. The van der Waals surface area contributed by atoms with Gasteiger partial charge in [0.1, 0.15) is 6.10 Å². The van der Waals surface area contributed by atoms with E-state index in [1.165, 1.54) is 6.42 Å². The Kier molecular flexibility index (Phi) is 3.73. The van der Waals surface area contributed by atoms with Crippen LogP contribution in [0.15, 0.2) is 24.5 Å². The van der Waals surface area contributed by atoms with Crippen LogP contribution in [0.1, 0.15) is 18.1 Å². The van der Waals surface area contributed by atoms with Crippen molar-refractivity contribution in [1.29, 1.82) is 0 Å². The zero-order valence-corrected chi connectivity index (χ0v) is 9.43. The van der Waals surface area contributed by atoms with Gasteiger partial charge in [0.05, 0.1) is 4.58 Å². The van der Waals surface area contributed by atoms with E-state index in [2.05, 4.69) is 4.98 Å². The molecule has 0 radical (unpaired) electrons. The van der Waals surface area contributed by atoms with Crippen LogP contribution in [-0.2, 0) is 0 Å². The number of aliphatic hydroxyl groups excluding tert-OH is 1. The van der Waals surface area contributed by atoms with Crippen molar-refractivity contribution < 1.29 is 5.11 Å². The summed E-state index contributed by atoms with van der Waals surface area (Å²) >= 11 is 3.70. The van der Waals surface area contributed by atoms with Crippen LogP contribution in [0.3, 0.4) is 0 Å². The van der Waals surface area contributed by atoms with Crippen molar-refractivity contribution in [2.45, 2.75) is 17.1 Å². The fraction of sp³-hybridized carbons (Fsp3) is 0.500. The van der Waals surface area contributed by atoms with Crippen molar-refractivity contribution in [2.75, 3.05) is 11.5 Å². The van der Waals surface area contributed by atoms with Crippen molar-refractivity contribution in [3.63, 3.8) is 0 Å². The highest BCUT2D eigenvalue weighted by atomic mass is 32.2. The average Bonchev–Trinajstić information content (AvgIpc) is 2.30. The van der Waals surface area contributed by atoms with Gasteiger partial charge in [-0.1, -0.05) is 6.07 Å². The smallest absolute Gasteiger partial charge is 0.101 e. The van der Waals surface area contributed by atoms with Crippen LogP contribution in [0.4, 0.5) is 0 Å². The summed E-state index contributed by atoms with van der Waals surface area (Å²) in [5.74, 6) is 2.32. The van der Waals surface area contributed by atoms with Crippen LogP contribution in [0, 0.1) is 0 Å². The first kappa shape index (κ1) is 10.3. The van der Waals surface area contributed by atoms with Crippen molar-refractivity contribution in [2.24, 2.45) is 0 Å². The topological polar surface area (TPSA) is 33.1 Å². The molecule has 2 heterocycles. The van der Waals surface area contributed by atoms with E-state index in [0.717, 1.165) is 17.1 Å². The van der Waals surface area contributed by atoms with Crippen LogP contribution in [0.5, 0.6) is 0 Å². The van der Waals surface area contributed by atoms with Gasteiger partial charge in [0.25, 0.3) is 0 Å². The van der Waals surface area contributed by atoms with Crippen molar-refractivity contribution in [1.82, 2.24) is 4.98 Å². The molecule has 1 aliphatic heterocycles. The lowest BCUT2D eigenvalue weighted by atomic mass is 10.2. The van der Waals surface area contributed by atoms with E-state index in [1.807, 2.05) is 35.7 Å². The van der Waals surface area contributed by atoms with Gasteiger partial charge in [-0.25, -0.2) is 0 Å². The molecule has 2 rings (SSSR count). The fourth-order valence-electron chi connectivity index (χ4n) is 1.40. The average molecular weight is 227 g/mol. The van der Waals surface area contributed by atoms with E-state index in [-0.39, 0.29) is 10.7 Å². The summed E-state index contributed by atoms with van der Waals surface area (Å²) < 4.78 is 0.285. The summed E-state index contributed by atoms with van der Waals surface area (Å²) in [6.45, 7) is 0. The Hall–Kier alpha value is -0.190. The second-order valence-corrected chi connectivity index (χ2v) is 5.99. The van der Waals surface area contributed by atoms with E-state index in [0.29, 0.717) is 0 Å². The quantitative estimate of drug-likeness (QED) is 0.840. The summed E-state index contributed by atoms with van der Waals surface area (Å²) in [6.07, 6.45) is 4.36. The number of rotatable bonds is 2. The highest BCUT2D eigenvalue weighted by Crippen LogP contribution is 2.38. The summed E-state index contributed by atoms with van der Waals surface area (Å²) in [4.78, 5) is 4.02. The van der Waals surface area contributed by atoms with Gasteiger partial charge < -0.3 is 5.11 Å². The highest BCUT2D eigenvalue weighted by molar-refractivity contribution is 8.17. The van der Waals surface area contributed by atoms with E-state index in [9.17, 15) is 5.11 Å². The standard InChI is InChI=1S/C10H13NOS2/c12-9(8-3-1-4-11-7-8)10-13-5-2-6-14-10/h1,3-4,7,9-10,12H,2,5-6H2. The lowest BCUT2D eigenvalue weighted by Crippen LogP contribution is -2.16. The minimum atomic E-state index is -0.376. The maximum Gasteiger partial charge on any atom is 0.101 e. The molecule has 1 atom stereocenters. The molecule has 1 aromatic rings. The zero-order valence-electron chi connectivity index (χ0n) is 7.80. The Morgan fingerprint density at radius 3 is 2.86 bits per heavy atom. The molecule has 1 aliphatic rings. The largest absolute Gasteiger partial charge is 0.386 e. The number of hydrogen-bond donors (Lipinski definition) is 1. The molecule has 0 amide bonds. The van der Waals surface area contributed by atoms with E-state index < -0.39 is 0 Å². The van der Waals surface area contributed by atoms with E-state index in [4.69, 9.17) is 0 Å². The molecule has 1 aromatic heterocycles. The first-order valence-electron chi connectivity index (χ1n) is 4.69. The molecule has 1 fully saturated rings. The second-order valence-electron chi connectivity index (χ2n) is 3.19. The molecule has 2 nitrogen and oxygen atoms in total. The SMILES string of the molecule is OC(c1cccnc1)C1SCCCS1. The summed E-state index contributed by atoms with van der Waals surface area (Å²) in [7, 11) is 0. The van der Waals surface area contributed by atoms with Crippen LogP contribution >= 0.6 is 23.5 Å².